The van der Waals surface area contributed by atoms with Gasteiger partial charge in [-0.3, -0.25) is 4.79 Å². The van der Waals surface area contributed by atoms with Crippen LogP contribution in [0.25, 0.3) is 11.2 Å². The highest BCUT2D eigenvalue weighted by Crippen LogP contribution is 2.22. The lowest BCUT2D eigenvalue weighted by Gasteiger charge is -2.10. The summed E-state index contributed by atoms with van der Waals surface area (Å²) in [6.07, 6.45) is 6.27. The van der Waals surface area contributed by atoms with Crippen LogP contribution in [0, 0.1) is 0 Å². The summed E-state index contributed by atoms with van der Waals surface area (Å²) >= 11 is 1.65. The van der Waals surface area contributed by atoms with E-state index in [-0.39, 0.29) is 12.1 Å². The van der Waals surface area contributed by atoms with E-state index >= 15 is 0 Å². The van der Waals surface area contributed by atoms with Gasteiger partial charge >= 0.3 is 5.97 Å². The van der Waals surface area contributed by atoms with E-state index in [9.17, 15) is 4.79 Å². The zero-order valence-corrected chi connectivity index (χ0v) is 13.2. The first kappa shape index (κ1) is 15.8. The SMILES string of the molecule is CCC(C)OC(=O)CCCCSc1ncnc2nc[nH]c12. The smallest absolute Gasteiger partial charge is 0.306 e. The molecule has 1 atom stereocenters. The zero-order chi connectivity index (χ0) is 15.1. The predicted molar refractivity (Wildman–Crippen MR) is 82.1 cm³/mol. The van der Waals surface area contributed by atoms with Crippen LogP contribution in [-0.4, -0.2) is 37.8 Å². The van der Waals surface area contributed by atoms with Crippen LogP contribution in [0.3, 0.4) is 0 Å². The molecule has 0 aromatic carbocycles. The van der Waals surface area contributed by atoms with E-state index in [4.69, 9.17) is 4.74 Å². The van der Waals surface area contributed by atoms with E-state index < -0.39 is 0 Å². The van der Waals surface area contributed by atoms with Crippen molar-refractivity contribution in [2.24, 2.45) is 0 Å². The van der Waals surface area contributed by atoms with Crippen LogP contribution in [0.4, 0.5) is 0 Å². The zero-order valence-electron chi connectivity index (χ0n) is 12.3. The van der Waals surface area contributed by atoms with Gasteiger partial charge in [0.1, 0.15) is 16.9 Å². The number of fused-ring (bicyclic) bond motifs is 1. The molecule has 0 aliphatic heterocycles. The van der Waals surface area contributed by atoms with Crippen LogP contribution in [0.15, 0.2) is 17.7 Å². The molecule has 0 aliphatic rings. The number of carbonyl (C=O) groups is 1. The van der Waals surface area contributed by atoms with Gasteiger partial charge in [-0.1, -0.05) is 6.92 Å². The molecule has 21 heavy (non-hydrogen) atoms. The van der Waals surface area contributed by atoms with Crippen LogP contribution in [0.2, 0.25) is 0 Å². The number of thioether (sulfide) groups is 1. The van der Waals surface area contributed by atoms with Crippen LogP contribution >= 0.6 is 11.8 Å². The van der Waals surface area contributed by atoms with Crippen molar-refractivity contribution >= 4 is 28.9 Å². The Morgan fingerprint density at radius 2 is 2.24 bits per heavy atom. The maximum absolute atomic E-state index is 11.5. The second kappa shape index (κ2) is 7.97. The number of aromatic nitrogens is 4. The number of esters is 1. The van der Waals surface area contributed by atoms with Crippen molar-refractivity contribution in [3.05, 3.63) is 12.7 Å². The Hall–Kier alpha value is -1.63. The average Bonchev–Trinajstić information content (AvgIpc) is 2.96. The van der Waals surface area contributed by atoms with Crippen molar-refractivity contribution in [1.82, 2.24) is 19.9 Å². The molecule has 1 N–H and O–H groups in total. The van der Waals surface area contributed by atoms with Gasteiger partial charge in [0.25, 0.3) is 0 Å². The summed E-state index contributed by atoms with van der Waals surface area (Å²) in [4.78, 5) is 27.0. The molecule has 114 valence electrons. The molecule has 0 aliphatic carbocycles. The van der Waals surface area contributed by atoms with Gasteiger partial charge in [-0.25, -0.2) is 15.0 Å². The number of aromatic amines is 1. The van der Waals surface area contributed by atoms with Gasteiger partial charge in [-0.05, 0) is 31.9 Å². The van der Waals surface area contributed by atoms with Gasteiger partial charge < -0.3 is 9.72 Å². The third-order valence-corrected chi connectivity index (χ3v) is 4.19. The first-order valence-electron chi connectivity index (χ1n) is 7.17. The molecule has 2 rings (SSSR count). The van der Waals surface area contributed by atoms with Gasteiger partial charge in [0, 0.05) is 6.42 Å². The van der Waals surface area contributed by atoms with Gasteiger partial charge in [-0.15, -0.1) is 11.8 Å². The highest BCUT2D eigenvalue weighted by Gasteiger charge is 2.08. The van der Waals surface area contributed by atoms with Gasteiger partial charge in [0.05, 0.1) is 12.4 Å². The number of hydrogen-bond donors (Lipinski definition) is 1. The number of unbranched alkanes of at least 4 members (excludes halogenated alkanes) is 1. The number of hydrogen-bond acceptors (Lipinski definition) is 6. The van der Waals surface area contributed by atoms with E-state index in [1.165, 1.54) is 6.33 Å². The maximum Gasteiger partial charge on any atom is 0.306 e. The van der Waals surface area contributed by atoms with Crippen LogP contribution in [0.1, 0.15) is 39.5 Å². The number of carbonyl (C=O) groups excluding carboxylic acids is 1. The molecule has 0 radical (unpaired) electrons. The molecule has 0 bridgehead atoms. The summed E-state index contributed by atoms with van der Waals surface area (Å²) in [5.74, 6) is 0.800. The summed E-state index contributed by atoms with van der Waals surface area (Å²) in [5.41, 5.74) is 1.56. The molecule has 6 nitrogen and oxygen atoms in total. The fourth-order valence-corrected chi connectivity index (χ4v) is 2.72. The molecular weight excluding hydrogens is 288 g/mol. The van der Waals surface area contributed by atoms with Crippen molar-refractivity contribution in [2.45, 2.75) is 50.7 Å². The standard InChI is InChI=1S/C14H20N4O2S/c1-3-10(2)20-11(19)6-4-5-7-21-14-12-13(16-8-15-12)17-9-18-14/h8-10H,3-7H2,1-2H3,(H,15,16,17,18). The minimum absolute atomic E-state index is 0.0153. The van der Waals surface area contributed by atoms with Crippen molar-refractivity contribution in [3.63, 3.8) is 0 Å². The van der Waals surface area contributed by atoms with Gasteiger partial charge in [0.2, 0.25) is 0 Å². The fraction of sp³-hybridized carbons (Fsp3) is 0.571. The molecule has 2 aromatic heterocycles. The third kappa shape index (κ3) is 4.70. The predicted octanol–water partition coefficient (Wildman–Crippen LogP) is 2.96. The number of nitrogens with zero attached hydrogens (tertiary/aromatic N) is 3. The Labute approximate surface area is 128 Å². The monoisotopic (exact) mass is 308 g/mol. The molecule has 0 amide bonds. The van der Waals surface area contributed by atoms with Crippen molar-refractivity contribution < 1.29 is 9.53 Å². The summed E-state index contributed by atoms with van der Waals surface area (Å²) in [7, 11) is 0. The lowest BCUT2D eigenvalue weighted by atomic mass is 10.2. The van der Waals surface area contributed by atoms with Gasteiger partial charge in [0.15, 0.2) is 5.65 Å². The molecule has 7 heteroatoms. The lowest BCUT2D eigenvalue weighted by Crippen LogP contribution is -2.13. The Bertz CT molecular complexity index is 587. The number of ether oxygens (including phenoxy) is 1. The van der Waals surface area contributed by atoms with E-state index in [2.05, 4.69) is 19.9 Å². The topological polar surface area (TPSA) is 80.8 Å². The van der Waals surface area contributed by atoms with Crippen molar-refractivity contribution in [1.29, 1.82) is 0 Å². The van der Waals surface area contributed by atoms with E-state index in [1.807, 2.05) is 13.8 Å². The van der Waals surface area contributed by atoms with Crippen LogP contribution in [0.5, 0.6) is 0 Å². The minimum Gasteiger partial charge on any atom is -0.463 e. The Balaban J connectivity index is 1.68. The molecule has 0 spiro atoms. The minimum atomic E-state index is -0.104. The summed E-state index contributed by atoms with van der Waals surface area (Å²) in [5, 5.41) is 0.902. The largest absolute Gasteiger partial charge is 0.463 e. The lowest BCUT2D eigenvalue weighted by molar-refractivity contribution is -0.148. The Kier molecular flexibility index (Phi) is 5.98. The van der Waals surface area contributed by atoms with Crippen LogP contribution in [-0.2, 0) is 9.53 Å². The van der Waals surface area contributed by atoms with E-state index in [0.29, 0.717) is 12.1 Å². The quantitative estimate of drug-likeness (QED) is 0.349. The highest BCUT2D eigenvalue weighted by atomic mass is 32.2. The molecule has 0 saturated heterocycles. The molecule has 0 fully saturated rings. The Morgan fingerprint density at radius 1 is 1.38 bits per heavy atom. The number of H-pyrrole nitrogens is 1. The van der Waals surface area contributed by atoms with E-state index in [1.54, 1.807) is 18.1 Å². The van der Waals surface area contributed by atoms with Crippen molar-refractivity contribution in [3.8, 4) is 0 Å². The number of nitrogens with one attached hydrogen (secondary N) is 1. The average molecular weight is 308 g/mol. The maximum atomic E-state index is 11.5. The first-order chi connectivity index (χ1) is 10.2. The molecule has 1 unspecified atom stereocenters. The molecule has 2 heterocycles. The summed E-state index contributed by atoms with van der Waals surface area (Å²) < 4.78 is 5.23. The molecular formula is C14H20N4O2S. The fourth-order valence-electron chi connectivity index (χ4n) is 1.76. The summed E-state index contributed by atoms with van der Waals surface area (Å²) in [6, 6.07) is 0. The Morgan fingerprint density at radius 3 is 3.05 bits per heavy atom. The molecule has 0 saturated carbocycles. The van der Waals surface area contributed by atoms with Gasteiger partial charge in [-0.2, -0.15) is 0 Å². The normalized spacial score (nSPS) is 12.5. The second-order valence-corrected chi connectivity index (χ2v) is 5.88. The number of imidazole rings is 1. The summed E-state index contributed by atoms with van der Waals surface area (Å²) in [6.45, 7) is 3.92. The third-order valence-electron chi connectivity index (χ3n) is 3.11. The number of rotatable bonds is 8. The highest BCUT2D eigenvalue weighted by molar-refractivity contribution is 7.99. The van der Waals surface area contributed by atoms with Crippen molar-refractivity contribution in [2.75, 3.05) is 5.75 Å². The molecule has 2 aromatic rings. The second-order valence-electron chi connectivity index (χ2n) is 4.79. The van der Waals surface area contributed by atoms with Crippen LogP contribution < -0.4 is 0 Å². The first-order valence-corrected chi connectivity index (χ1v) is 8.15. The van der Waals surface area contributed by atoms with E-state index in [0.717, 1.165) is 35.6 Å².